The quantitative estimate of drug-likeness (QED) is 0.590. The molecule has 0 fully saturated rings. The van der Waals surface area contributed by atoms with Gasteiger partial charge in [-0.05, 0) is 43.4 Å². The molecule has 7 heteroatoms. The van der Waals surface area contributed by atoms with E-state index in [-0.39, 0.29) is 24.8 Å². The minimum Gasteiger partial charge on any atom is -1.00 e. The number of aryl methyl sites for hydroxylation is 3. The van der Waals surface area contributed by atoms with Crippen LogP contribution in [0.25, 0.3) is 5.52 Å². The van der Waals surface area contributed by atoms with Gasteiger partial charge in [-0.1, -0.05) is 6.07 Å². The number of nitrogens with one attached hydrogen (secondary N) is 1. The van der Waals surface area contributed by atoms with Gasteiger partial charge in [-0.15, -0.1) is 17.5 Å². The molecule has 0 saturated heterocycles. The topological polar surface area (TPSA) is 59.2 Å². The summed E-state index contributed by atoms with van der Waals surface area (Å²) in [6, 6.07) is 8.50. The molecule has 3 aromatic rings. The van der Waals surface area contributed by atoms with Crippen LogP contribution in [0.1, 0.15) is 23.2 Å². The first-order valence-corrected chi connectivity index (χ1v) is 8.19. The largest absolute Gasteiger partial charge is 1.00 e. The fourth-order valence-electron chi connectivity index (χ4n) is 3.42. The van der Waals surface area contributed by atoms with E-state index >= 15 is 0 Å². The zero-order valence-electron chi connectivity index (χ0n) is 14.2. The van der Waals surface area contributed by atoms with E-state index in [2.05, 4.69) is 40.3 Å². The molecule has 0 aliphatic heterocycles. The van der Waals surface area contributed by atoms with Crippen molar-refractivity contribution in [3.05, 3.63) is 53.5 Å². The van der Waals surface area contributed by atoms with Crippen molar-refractivity contribution in [2.45, 2.75) is 25.7 Å². The summed E-state index contributed by atoms with van der Waals surface area (Å²) in [5.74, 6) is 0.797. The zero-order valence-corrected chi connectivity index (χ0v) is 15.8. The van der Waals surface area contributed by atoms with Crippen LogP contribution in [-0.2, 0) is 26.3 Å². The third kappa shape index (κ3) is 3.67. The van der Waals surface area contributed by atoms with E-state index in [1.54, 1.807) is 0 Å². The molecular weight excluding hydrogens is 357 g/mol. The van der Waals surface area contributed by atoms with Gasteiger partial charge in [0.1, 0.15) is 12.7 Å². The van der Waals surface area contributed by atoms with Crippen molar-refractivity contribution >= 4 is 29.4 Å². The Morgan fingerprint density at radius 3 is 2.92 bits per heavy atom. The van der Waals surface area contributed by atoms with Gasteiger partial charge in [0.05, 0.1) is 5.52 Å². The Bertz CT molecular complexity index is 875. The van der Waals surface area contributed by atoms with Gasteiger partial charge in [0, 0.05) is 23.9 Å². The molecule has 0 spiro atoms. The Morgan fingerprint density at radius 2 is 2.12 bits per heavy atom. The number of aromatic nitrogens is 3. The lowest BCUT2D eigenvalue weighted by atomic mass is 10.2. The van der Waals surface area contributed by atoms with Gasteiger partial charge in [0.15, 0.2) is 18.2 Å². The summed E-state index contributed by atoms with van der Waals surface area (Å²) in [7, 11) is 2.04. The predicted molar refractivity (Wildman–Crippen MR) is 98.7 cm³/mol. The van der Waals surface area contributed by atoms with Gasteiger partial charge < -0.3 is 23.5 Å². The van der Waals surface area contributed by atoms with Gasteiger partial charge in [-0.25, -0.2) is 9.08 Å². The number of nitrogens with two attached hydrogens (primary N) is 1. The molecule has 0 radical (unpaired) electrons. The molecule has 0 saturated carbocycles. The van der Waals surface area contributed by atoms with Crippen molar-refractivity contribution in [2.75, 3.05) is 17.6 Å². The summed E-state index contributed by atoms with van der Waals surface area (Å²) < 4.78 is 4.10. The summed E-state index contributed by atoms with van der Waals surface area (Å²) in [4.78, 5) is 0. The molecule has 25 heavy (non-hydrogen) atoms. The number of halogens is 2. The number of pyridine rings is 2. The van der Waals surface area contributed by atoms with Crippen LogP contribution in [0.4, 0.5) is 11.5 Å². The third-order valence-electron chi connectivity index (χ3n) is 4.59. The number of hydrogen-bond acceptors (Lipinski definition) is 3. The Kier molecular flexibility index (Phi) is 6.14. The SMILES string of the molecule is C[n+]1cccc(CCNc2nn3c4c(ccc3c2N)CCC4)c1.Cl.[Cl-]. The summed E-state index contributed by atoms with van der Waals surface area (Å²) in [5.41, 5.74) is 12.1. The second-order valence-corrected chi connectivity index (χ2v) is 6.27. The first-order valence-electron chi connectivity index (χ1n) is 8.19. The molecule has 0 unspecified atom stereocenters. The Balaban J connectivity index is 0.00000113. The maximum absolute atomic E-state index is 6.29. The fourth-order valence-corrected chi connectivity index (χ4v) is 3.42. The van der Waals surface area contributed by atoms with Crippen LogP contribution >= 0.6 is 12.4 Å². The van der Waals surface area contributed by atoms with Crippen LogP contribution in [0, 0.1) is 0 Å². The first kappa shape index (κ1) is 19.3. The number of rotatable bonds is 4. The molecule has 5 nitrogen and oxygen atoms in total. The van der Waals surface area contributed by atoms with Crippen molar-refractivity contribution < 1.29 is 17.0 Å². The van der Waals surface area contributed by atoms with E-state index in [1.165, 1.54) is 23.2 Å². The second-order valence-electron chi connectivity index (χ2n) is 6.27. The highest BCUT2D eigenvalue weighted by Crippen LogP contribution is 2.29. The highest BCUT2D eigenvalue weighted by atomic mass is 35.5. The van der Waals surface area contributed by atoms with Crippen molar-refractivity contribution in [3.8, 4) is 0 Å². The van der Waals surface area contributed by atoms with Crippen LogP contribution in [0.3, 0.4) is 0 Å². The van der Waals surface area contributed by atoms with E-state index < -0.39 is 0 Å². The van der Waals surface area contributed by atoms with Gasteiger partial charge in [0.25, 0.3) is 0 Å². The predicted octanol–water partition coefficient (Wildman–Crippen LogP) is -0.690. The highest BCUT2D eigenvalue weighted by molar-refractivity contribution is 5.85. The van der Waals surface area contributed by atoms with Gasteiger partial charge >= 0.3 is 0 Å². The summed E-state index contributed by atoms with van der Waals surface area (Å²) in [6.45, 7) is 0.820. The summed E-state index contributed by atoms with van der Waals surface area (Å²) in [6.07, 6.45) is 8.58. The second kappa shape index (κ2) is 7.93. The Morgan fingerprint density at radius 1 is 1.28 bits per heavy atom. The van der Waals surface area contributed by atoms with Gasteiger partial charge in [0.2, 0.25) is 0 Å². The van der Waals surface area contributed by atoms with Crippen LogP contribution in [0.2, 0.25) is 0 Å². The molecule has 1 aliphatic carbocycles. The maximum Gasteiger partial charge on any atom is 0.172 e. The van der Waals surface area contributed by atoms with Gasteiger partial charge in [-0.2, -0.15) is 0 Å². The summed E-state index contributed by atoms with van der Waals surface area (Å²) >= 11 is 0. The summed E-state index contributed by atoms with van der Waals surface area (Å²) in [5, 5.41) is 8.10. The fraction of sp³-hybridized carbons (Fsp3) is 0.333. The molecule has 1 aliphatic rings. The monoisotopic (exact) mass is 379 g/mol. The Hall–Kier alpha value is -1.98. The lowest BCUT2D eigenvalue weighted by Gasteiger charge is -2.03. The molecule has 3 aromatic heterocycles. The number of nitrogens with zero attached hydrogens (tertiary/aromatic N) is 3. The molecule has 0 aromatic carbocycles. The normalized spacial score (nSPS) is 12.4. The van der Waals surface area contributed by atoms with Crippen molar-refractivity contribution in [3.63, 3.8) is 0 Å². The molecule has 0 bridgehead atoms. The van der Waals surface area contributed by atoms with Crippen molar-refractivity contribution in [1.29, 1.82) is 0 Å². The van der Waals surface area contributed by atoms with E-state index in [0.717, 1.165) is 42.8 Å². The average molecular weight is 380 g/mol. The minimum atomic E-state index is 0. The number of hydrogen-bond donors (Lipinski definition) is 2. The molecule has 3 N–H and O–H groups in total. The van der Waals surface area contributed by atoms with Crippen LogP contribution in [0.5, 0.6) is 0 Å². The van der Waals surface area contributed by atoms with Crippen LogP contribution in [-0.4, -0.2) is 16.2 Å². The number of anilines is 2. The smallest absolute Gasteiger partial charge is 0.172 e. The molecule has 0 atom stereocenters. The lowest BCUT2D eigenvalue weighted by molar-refractivity contribution is -0.671. The first-order chi connectivity index (χ1) is 11.2. The van der Waals surface area contributed by atoms with Crippen molar-refractivity contribution in [2.24, 2.45) is 7.05 Å². The molecule has 0 amide bonds. The molecule has 4 rings (SSSR count). The van der Waals surface area contributed by atoms with E-state index in [9.17, 15) is 0 Å². The molecule has 3 heterocycles. The zero-order chi connectivity index (χ0) is 15.8. The van der Waals surface area contributed by atoms with Gasteiger partial charge in [-0.3, -0.25) is 0 Å². The van der Waals surface area contributed by atoms with E-state index in [0.29, 0.717) is 0 Å². The highest BCUT2D eigenvalue weighted by Gasteiger charge is 2.18. The Labute approximate surface area is 160 Å². The number of fused-ring (bicyclic) bond motifs is 3. The number of nitrogen functional groups attached to an aromatic ring is 1. The van der Waals surface area contributed by atoms with Crippen molar-refractivity contribution in [1.82, 2.24) is 9.61 Å². The third-order valence-corrected chi connectivity index (χ3v) is 4.59. The standard InChI is InChI=1S/C18H22N5.2ClH/c1-22-11-3-4-13(12-22)9-10-20-18-17(19)16-8-7-14-5-2-6-15(14)23(16)21-18;;/h3-4,7-8,11-12H,2,5-6,9-10,19H2,1H3,(H,20,21);2*1H/q+1;;/p-1. The lowest BCUT2D eigenvalue weighted by Crippen LogP contribution is -3.00. The van der Waals surface area contributed by atoms with E-state index in [4.69, 9.17) is 10.8 Å². The molecular formula is C18H23Cl2N5. The maximum atomic E-state index is 6.29. The van der Waals surface area contributed by atoms with E-state index in [1.807, 2.05) is 17.8 Å². The molecule has 134 valence electrons. The minimum absolute atomic E-state index is 0. The average Bonchev–Trinajstić information content (AvgIpc) is 3.13. The van der Waals surface area contributed by atoms with Crippen LogP contribution in [0.15, 0.2) is 36.7 Å². The van der Waals surface area contributed by atoms with Crippen LogP contribution < -0.4 is 28.0 Å².